The van der Waals surface area contributed by atoms with Gasteiger partial charge in [-0.3, -0.25) is 9.48 Å². The van der Waals surface area contributed by atoms with E-state index in [4.69, 9.17) is 4.98 Å². The first kappa shape index (κ1) is 18.7. The number of unbranched alkanes of at least 4 members (excludes halogenated alkanes) is 1. The van der Waals surface area contributed by atoms with E-state index in [0.29, 0.717) is 6.04 Å². The van der Waals surface area contributed by atoms with Crippen LogP contribution >= 0.6 is 0 Å². The average molecular weight is 377 g/mol. The summed E-state index contributed by atoms with van der Waals surface area (Å²) in [5, 5.41) is 5.41. The van der Waals surface area contributed by atoms with Gasteiger partial charge in [-0.1, -0.05) is 31.5 Å². The Morgan fingerprint density at radius 3 is 2.93 bits per heavy atom. The molecule has 1 saturated heterocycles. The molecule has 0 bridgehead atoms. The van der Waals surface area contributed by atoms with Crippen LogP contribution in [0.15, 0.2) is 36.7 Å². The molecule has 4 rings (SSSR count). The molecule has 0 saturated carbocycles. The SMILES string of the molecule is CCCCn1cc(-c2cc(C(=O)N3CCC[C@H]3C)c3cccc(C)c3n2)cn1. The second-order valence-corrected chi connectivity index (χ2v) is 7.86. The number of carbonyl (C=O) groups is 1. The van der Waals surface area contributed by atoms with Gasteiger partial charge in [0.05, 0.1) is 23.0 Å². The zero-order chi connectivity index (χ0) is 19.7. The zero-order valence-corrected chi connectivity index (χ0v) is 17.0. The first-order valence-electron chi connectivity index (χ1n) is 10.3. The molecule has 0 aliphatic carbocycles. The van der Waals surface area contributed by atoms with Gasteiger partial charge in [0.2, 0.25) is 0 Å². The molecule has 1 fully saturated rings. The summed E-state index contributed by atoms with van der Waals surface area (Å²) in [7, 11) is 0. The van der Waals surface area contributed by atoms with E-state index in [2.05, 4.69) is 31.9 Å². The maximum absolute atomic E-state index is 13.4. The average Bonchev–Trinajstić information content (AvgIpc) is 3.34. The number of aryl methyl sites for hydroxylation is 2. The summed E-state index contributed by atoms with van der Waals surface area (Å²) in [5.74, 6) is 0.114. The van der Waals surface area contributed by atoms with Crippen molar-refractivity contribution in [3.63, 3.8) is 0 Å². The second kappa shape index (κ2) is 7.74. The Balaban J connectivity index is 1.81. The molecule has 1 atom stereocenters. The molecule has 2 aromatic heterocycles. The lowest BCUT2D eigenvalue weighted by Gasteiger charge is -2.22. The number of likely N-dealkylation sites (tertiary alicyclic amines) is 1. The normalized spacial score (nSPS) is 16.8. The first-order valence-corrected chi connectivity index (χ1v) is 10.3. The minimum atomic E-state index is 0.114. The van der Waals surface area contributed by atoms with Crippen molar-refractivity contribution in [2.45, 2.75) is 59.0 Å². The number of amides is 1. The lowest BCUT2D eigenvalue weighted by molar-refractivity contribution is 0.0749. The highest BCUT2D eigenvalue weighted by Crippen LogP contribution is 2.29. The Hall–Kier alpha value is -2.69. The second-order valence-electron chi connectivity index (χ2n) is 7.86. The smallest absolute Gasteiger partial charge is 0.254 e. The number of para-hydroxylation sites is 1. The summed E-state index contributed by atoms with van der Waals surface area (Å²) in [6.07, 6.45) is 8.28. The van der Waals surface area contributed by atoms with Crippen LogP contribution in [-0.4, -0.2) is 38.2 Å². The van der Waals surface area contributed by atoms with Crippen molar-refractivity contribution >= 4 is 16.8 Å². The van der Waals surface area contributed by atoms with Crippen molar-refractivity contribution in [3.05, 3.63) is 47.8 Å². The molecule has 1 aliphatic heterocycles. The molecule has 1 aromatic carbocycles. The fraction of sp³-hybridized carbons (Fsp3) is 0.435. The van der Waals surface area contributed by atoms with Gasteiger partial charge in [0, 0.05) is 36.3 Å². The van der Waals surface area contributed by atoms with Crippen LogP contribution in [0, 0.1) is 6.92 Å². The van der Waals surface area contributed by atoms with Crippen LogP contribution in [0.4, 0.5) is 0 Å². The number of carbonyl (C=O) groups excluding carboxylic acids is 1. The predicted molar refractivity (Wildman–Crippen MR) is 112 cm³/mol. The lowest BCUT2D eigenvalue weighted by atomic mass is 10.0. The molecule has 3 heterocycles. The maximum atomic E-state index is 13.4. The van der Waals surface area contributed by atoms with Crippen LogP contribution in [0.1, 0.15) is 55.5 Å². The molecule has 1 aliphatic rings. The van der Waals surface area contributed by atoms with Gasteiger partial charge < -0.3 is 4.90 Å². The number of hydrogen-bond donors (Lipinski definition) is 0. The zero-order valence-electron chi connectivity index (χ0n) is 17.0. The summed E-state index contributed by atoms with van der Waals surface area (Å²) in [5.41, 5.74) is 4.51. The van der Waals surface area contributed by atoms with Crippen molar-refractivity contribution in [1.82, 2.24) is 19.7 Å². The van der Waals surface area contributed by atoms with E-state index in [0.717, 1.165) is 72.1 Å². The molecule has 0 radical (unpaired) electrons. The van der Waals surface area contributed by atoms with E-state index in [1.807, 2.05) is 40.2 Å². The summed E-state index contributed by atoms with van der Waals surface area (Å²) in [4.78, 5) is 20.3. The maximum Gasteiger partial charge on any atom is 0.254 e. The Labute approximate surface area is 166 Å². The third kappa shape index (κ3) is 3.41. The number of rotatable bonds is 5. The largest absolute Gasteiger partial charge is 0.336 e. The molecule has 3 aromatic rings. The molecule has 28 heavy (non-hydrogen) atoms. The lowest BCUT2D eigenvalue weighted by Crippen LogP contribution is -2.33. The summed E-state index contributed by atoms with van der Waals surface area (Å²) in [6, 6.07) is 8.32. The molecular formula is C23H28N4O. The van der Waals surface area contributed by atoms with Crippen LogP contribution in [0.5, 0.6) is 0 Å². The van der Waals surface area contributed by atoms with E-state index >= 15 is 0 Å². The Kier molecular flexibility index (Phi) is 5.16. The van der Waals surface area contributed by atoms with Crippen LogP contribution in [0.25, 0.3) is 22.2 Å². The standard InChI is InChI=1S/C23H28N4O/c1-4-5-11-26-15-18(14-24-26)21-13-20(23(28)27-12-7-9-17(27)3)19-10-6-8-16(2)22(19)25-21/h6,8,10,13-15,17H,4-5,7,9,11-12H2,1-3H3/t17-/m1/s1. The monoisotopic (exact) mass is 376 g/mol. The Morgan fingerprint density at radius 2 is 2.18 bits per heavy atom. The van der Waals surface area contributed by atoms with E-state index in [1.54, 1.807) is 0 Å². The molecule has 0 N–H and O–H groups in total. The van der Waals surface area contributed by atoms with Crippen LogP contribution in [-0.2, 0) is 6.54 Å². The summed E-state index contributed by atoms with van der Waals surface area (Å²) >= 11 is 0. The number of fused-ring (bicyclic) bond motifs is 1. The molecule has 5 heteroatoms. The quantitative estimate of drug-likeness (QED) is 0.641. The minimum absolute atomic E-state index is 0.114. The van der Waals surface area contributed by atoms with Gasteiger partial charge in [-0.15, -0.1) is 0 Å². The number of hydrogen-bond acceptors (Lipinski definition) is 3. The van der Waals surface area contributed by atoms with Crippen molar-refractivity contribution in [2.75, 3.05) is 6.54 Å². The highest BCUT2D eigenvalue weighted by molar-refractivity contribution is 6.08. The molecule has 5 nitrogen and oxygen atoms in total. The van der Waals surface area contributed by atoms with Gasteiger partial charge in [0.15, 0.2) is 0 Å². The molecule has 1 amide bonds. The van der Waals surface area contributed by atoms with Gasteiger partial charge in [-0.2, -0.15) is 5.10 Å². The van der Waals surface area contributed by atoms with Gasteiger partial charge in [0.25, 0.3) is 5.91 Å². The van der Waals surface area contributed by atoms with Crippen molar-refractivity contribution < 1.29 is 4.79 Å². The fourth-order valence-electron chi connectivity index (χ4n) is 4.04. The van der Waals surface area contributed by atoms with Gasteiger partial charge >= 0.3 is 0 Å². The van der Waals surface area contributed by atoms with Gasteiger partial charge in [-0.25, -0.2) is 4.98 Å². The highest BCUT2D eigenvalue weighted by Gasteiger charge is 2.28. The highest BCUT2D eigenvalue weighted by atomic mass is 16.2. The number of benzene rings is 1. The van der Waals surface area contributed by atoms with Crippen LogP contribution < -0.4 is 0 Å². The third-order valence-electron chi connectivity index (χ3n) is 5.76. The molecule has 146 valence electrons. The predicted octanol–water partition coefficient (Wildman–Crippen LogP) is 4.83. The third-order valence-corrected chi connectivity index (χ3v) is 5.76. The molecule has 0 spiro atoms. The van der Waals surface area contributed by atoms with Crippen molar-refractivity contribution in [2.24, 2.45) is 0 Å². The van der Waals surface area contributed by atoms with E-state index < -0.39 is 0 Å². The Morgan fingerprint density at radius 1 is 1.32 bits per heavy atom. The minimum Gasteiger partial charge on any atom is -0.336 e. The fourth-order valence-corrected chi connectivity index (χ4v) is 4.04. The van der Waals surface area contributed by atoms with E-state index in [9.17, 15) is 4.79 Å². The topological polar surface area (TPSA) is 51.0 Å². The molecule has 0 unspecified atom stereocenters. The van der Waals surface area contributed by atoms with Crippen molar-refractivity contribution in [3.8, 4) is 11.3 Å². The molecular weight excluding hydrogens is 348 g/mol. The van der Waals surface area contributed by atoms with Crippen LogP contribution in [0.2, 0.25) is 0 Å². The van der Waals surface area contributed by atoms with Crippen LogP contribution in [0.3, 0.4) is 0 Å². The number of nitrogens with zero attached hydrogens (tertiary/aromatic N) is 4. The number of aromatic nitrogens is 3. The van der Waals surface area contributed by atoms with E-state index in [1.165, 1.54) is 0 Å². The summed E-state index contributed by atoms with van der Waals surface area (Å²) in [6.45, 7) is 8.10. The Bertz CT molecular complexity index is 1010. The van der Waals surface area contributed by atoms with Gasteiger partial charge in [-0.05, 0) is 44.7 Å². The van der Waals surface area contributed by atoms with E-state index in [-0.39, 0.29) is 5.91 Å². The van der Waals surface area contributed by atoms with Gasteiger partial charge in [0.1, 0.15) is 0 Å². The van der Waals surface area contributed by atoms with Crippen molar-refractivity contribution in [1.29, 1.82) is 0 Å². The summed E-state index contributed by atoms with van der Waals surface area (Å²) < 4.78 is 1.96. The number of pyridine rings is 1. The first-order chi connectivity index (χ1) is 13.6.